The van der Waals surface area contributed by atoms with E-state index in [1.807, 2.05) is 0 Å². The molecule has 3 aliphatic rings. The minimum atomic E-state index is -1.57. The van der Waals surface area contributed by atoms with Crippen molar-refractivity contribution in [1.29, 1.82) is 0 Å². The van der Waals surface area contributed by atoms with E-state index in [-0.39, 0.29) is 45.5 Å². The SMILES string of the molecule is NCC[C@H](O)C(=O)N[C@@H]1C[C@H](N)C([C@H]2O[C@H](CNCCO)[C@@H](O)C[C@H]2N)[C@H](O)[C@H]1O[C@H]1O[C@H](CO)[C@@H](O)[C@H](N)[C@H]1O. The van der Waals surface area contributed by atoms with Crippen LogP contribution in [0.2, 0.25) is 0 Å². The first-order chi connectivity index (χ1) is 19.4. The zero-order chi connectivity index (χ0) is 30.4. The van der Waals surface area contributed by atoms with E-state index in [4.69, 9.17) is 42.3 Å². The van der Waals surface area contributed by atoms with Crippen LogP contribution in [0.4, 0.5) is 0 Å². The first-order valence-electron chi connectivity index (χ1n) is 14.0. The second-order valence-corrected chi connectivity index (χ2v) is 11.1. The van der Waals surface area contributed by atoms with E-state index in [0.29, 0.717) is 0 Å². The van der Waals surface area contributed by atoms with Gasteiger partial charge in [0.15, 0.2) is 6.29 Å². The Bertz CT molecular complexity index is 818. The number of aliphatic hydroxyl groups is 7. The number of hydrogen-bond donors (Lipinski definition) is 13. The summed E-state index contributed by atoms with van der Waals surface area (Å²) in [4.78, 5) is 12.7. The summed E-state index contributed by atoms with van der Waals surface area (Å²) < 4.78 is 17.7. The molecule has 0 spiro atoms. The van der Waals surface area contributed by atoms with Gasteiger partial charge >= 0.3 is 0 Å². The van der Waals surface area contributed by atoms with Gasteiger partial charge < -0.3 is 83.5 Å². The van der Waals surface area contributed by atoms with Crippen LogP contribution in [0.3, 0.4) is 0 Å². The number of aliphatic hydroxyl groups excluding tert-OH is 7. The molecule has 0 aromatic rings. The lowest BCUT2D eigenvalue weighted by Crippen LogP contribution is -2.70. The quantitative estimate of drug-likeness (QED) is 0.0930. The summed E-state index contributed by atoms with van der Waals surface area (Å²) in [6, 6.07) is -3.78. The van der Waals surface area contributed by atoms with Crippen LogP contribution in [0.1, 0.15) is 19.3 Å². The summed E-state index contributed by atoms with van der Waals surface area (Å²) in [5.41, 5.74) is 24.2. The number of amides is 1. The molecule has 17 heteroatoms. The summed E-state index contributed by atoms with van der Waals surface area (Å²) in [6.45, 7) is -0.224. The maximum Gasteiger partial charge on any atom is 0.249 e. The fourth-order valence-electron chi connectivity index (χ4n) is 5.84. The third-order valence-electron chi connectivity index (χ3n) is 8.16. The molecule has 1 amide bonds. The van der Waals surface area contributed by atoms with Gasteiger partial charge in [-0.3, -0.25) is 4.79 Å². The van der Waals surface area contributed by atoms with Crippen LogP contribution in [-0.2, 0) is 19.0 Å². The third kappa shape index (κ3) is 8.08. The average molecular weight is 597 g/mol. The molecule has 2 saturated heterocycles. The summed E-state index contributed by atoms with van der Waals surface area (Å²) in [5.74, 6) is -1.65. The van der Waals surface area contributed by atoms with E-state index in [0.717, 1.165) is 0 Å². The number of carbonyl (C=O) groups excluding carboxylic acids is 1. The van der Waals surface area contributed by atoms with E-state index in [1.54, 1.807) is 0 Å². The number of nitrogens with one attached hydrogen (secondary N) is 2. The number of nitrogens with two attached hydrogens (primary N) is 4. The smallest absolute Gasteiger partial charge is 0.249 e. The second-order valence-electron chi connectivity index (χ2n) is 11.1. The highest BCUT2D eigenvalue weighted by Gasteiger charge is 2.53. The molecule has 240 valence electrons. The predicted octanol–water partition coefficient (Wildman–Crippen LogP) is -7.53. The van der Waals surface area contributed by atoms with Crippen LogP contribution in [0.25, 0.3) is 0 Å². The van der Waals surface area contributed by atoms with Crippen molar-refractivity contribution < 1.29 is 54.8 Å². The Hall–Kier alpha value is -1.13. The molecule has 17 nitrogen and oxygen atoms in total. The lowest BCUT2D eigenvalue weighted by atomic mass is 9.72. The van der Waals surface area contributed by atoms with E-state index in [2.05, 4.69) is 10.6 Å². The minimum Gasteiger partial charge on any atom is -0.395 e. The molecule has 1 unspecified atom stereocenters. The topological polar surface area (TPSA) is 315 Å². The molecule has 3 rings (SSSR count). The Morgan fingerprint density at radius 1 is 0.976 bits per heavy atom. The third-order valence-corrected chi connectivity index (χ3v) is 8.16. The first-order valence-corrected chi connectivity index (χ1v) is 14.0. The lowest BCUT2D eigenvalue weighted by molar-refractivity contribution is -0.306. The van der Waals surface area contributed by atoms with E-state index < -0.39 is 104 Å². The van der Waals surface area contributed by atoms with Gasteiger partial charge in [0.2, 0.25) is 5.91 Å². The number of hydrogen-bond acceptors (Lipinski definition) is 16. The van der Waals surface area contributed by atoms with Gasteiger partial charge in [0.1, 0.15) is 30.5 Å². The molecule has 0 aromatic heterocycles. The van der Waals surface area contributed by atoms with Crippen LogP contribution in [0.15, 0.2) is 0 Å². The zero-order valence-electron chi connectivity index (χ0n) is 22.9. The number of rotatable bonds is 12. The highest BCUT2D eigenvalue weighted by atomic mass is 16.7. The van der Waals surface area contributed by atoms with E-state index >= 15 is 0 Å². The van der Waals surface area contributed by atoms with Crippen molar-refractivity contribution >= 4 is 5.91 Å². The summed E-state index contributed by atoms with van der Waals surface area (Å²) in [5, 5.41) is 77.5. The van der Waals surface area contributed by atoms with Gasteiger partial charge in [0.25, 0.3) is 0 Å². The van der Waals surface area contributed by atoms with Crippen molar-refractivity contribution in [2.75, 3.05) is 32.8 Å². The van der Waals surface area contributed by atoms with Crippen LogP contribution >= 0.6 is 0 Å². The molecule has 41 heavy (non-hydrogen) atoms. The second kappa shape index (κ2) is 15.6. The van der Waals surface area contributed by atoms with Crippen LogP contribution in [0.5, 0.6) is 0 Å². The molecule has 3 fully saturated rings. The largest absolute Gasteiger partial charge is 0.395 e. The van der Waals surface area contributed by atoms with Crippen LogP contribution in [0, 0.1) is 5.92 Å². The molecule has 0 aromatic carbocycles. The zero-order valence-corrected chi connectivity index (χ0v) is 22.9. The van der Waals surface area contributed by atoms with E-state index in [1.165, 1.54) is 0 Å². The molecule has 2 heterocycles. The number of carbonyl (C=O) groups is 1. The maximum absolute atomic E-state index is 12.7. The van der Waals surface area contributed by atoms with Gasteiger partial charge in [-0.1, -0.05) is 0 Å². The molecule has 17 N–H and O–H groups in total. The van der Waals surface area contributed by atoms with Crippen molar-refractivity contribution in [2.45, 2.75) is 105 Å². The molecule has 0 bridgehead atoms. The van der Waals surface area contributed by atoms with Gasteiger partial charge in [0, 0.05) is 31.1 Å². The van der Waals surface area contributed by atoms with Gasteiger partial charge in [-0.05, 0) is 25.8 Å². The molecular weight excluding hydrogens is 548 g/mol. The van der Waals surface area contributed by atoms with Gasteiger partial charge in [-0.15, -0.1) is 0 Å². The van der Waals surface area contributed by atoms with E-state index in [9.17, 15) is 35.4 Å². The van der Waals surface area contributed by atoms with Gasteiger partial charge in [-0.25, -0.2) is 0 Å². The average Bonchev–Trinajstić information content (AvgIpc) is 2.92. The summed E-state index contributed by atoms with van der Waals surface area (Å²) in [7, 11) is 0. The van der Waals surface area contributed by atoms with Gasteiger partial charge in [0.05, 0.1) is 49.7 Å². The fraction of sp³-hybridized carbons (Fsp3) is 0.958. The maximum atomic E-state index is 12.7. The standard InChI is InChI=1S/C24H48N6O11/c25-2-1-12(33)23(38)30-11-5-9(26)16(21-10(27)6-13(34)14(39-21)7-29-3-4-31)19(36)22(11)41-24-20(37)17(28)18(35)15(8-32)40-24/h9-22,24,29,31-37H,1-8,25-28H2,(H,30,38)/t9-,10+,11+,12-,13-,14+,15+,16?,17-,18+,19-,20+,21-,22-,24+/m0/s1. The van der Waals surface area contributed by atoms with Crippen LogP contribution < -0.4 is 33.6 Å². The highest BCUT2D eigenvalue weighted by molar-refractivity contribution is 5.80. The van der Waals surface area contributed by atoms with Crippen molar-refractivity contribution in [3.63, 3.8) is 0 Å². The monoisotopic (exact) mass is 596 g/mol. The minimum absolute atomic E-state index is 0.0184. The molecular formula is C24H48N6O11. The Kier molecular flexibility index (Phi) is 13.0. The predicted molar refractivity (Wildman–Crippen MR) is 142 cm³/mol. The summed E-state index contributed by atoms with van der Waals surface area (Å²) >= 11 is 0. The molecule has 1 aliphatic carbocycles. The Morgan fingerprint density at radius 3 is 2.32 bits per heavy atom. The van der Waals surface area contributed by atoms with Crippen molar-refractivity contribution in [3.05, 3.63) is 0 Å². The number of ether oxygens (including phenoxy) is 3. The van der Waals surface area contributed by atoms with Crippen molar-refractivity contribution in [1.82, 2.24) is 10.6 Å². The lowest BCUT2D eigenvalue weighted by Gasteiger charge is -2.51. The van der Waals surface area contributed by atoms with Gasteiger partial charge in [-0.2, -0.15) is 0 Å². The van der Waals surface area contributed by atoms with Crippen molar-refractivity contribution in [3.8, 4) is 0 Å². The fourth-order valence-corrected chi connectivity index (χ4v) is 5.84. The molecule has 2 aliphatic heterocycles. The Labute approximate surface area is 238 Å². The van der Waals surface area contributed by atoms with Crippen molar-refractivity contribution in [2.24, 2.45) is 28.9 Å². The normalized spacial score (nSPS) is 44.4. The van der Waals surface area contributed by atoms with Crippen LogP contribution in [-0.4, -0.2) is 160 Å². The Morgan fingerprint density at radius 2 is 1.68 bits per heavy atom. The first kappa shape index (κ1) is 34.4. The highest BCUT2D eigenvalue weighted by Crippen LogP contribution is 2.36. The Balaban J connectivity index is 1.87. The summed E-state index contributed by atoms with van der Waals surface area (Å²) in [6.07, 6.45) is -12.2. The molecule has 0 radical (unpaired) electrons. The molecule has 1 saturated carbocycles. The molecule has 15 atom stereocenters.